The van der Waals surface area contributed by atoms with Gasteiger partial charge in [0.15, 0.2) is 0 Å². The number of fused-ring (bicyclic) bond motifs is 3. The van der Waals surface area contributed by atoms with E-state index < -0.39 is 0 Å². The molecule has 0 radical (unpaired) electrons. The third-order valence-corrected chi connectivity index (χ3v) is 3.52. The van der Waals surface area contributed by atoms with E-state index in [0.29, 0.717) is 18.6 Å². The van der Waals surface area contributed by atoms with Crippen LogP contribution >= 0.6 is 0 Å². The van der Waals surface area contributed by atoms with E-state index in [0.717, 1.165) is 19.0 Å². The molecule has 0 saturated carbocycles. The summed E-state index contributed by atoms with van der Waals surface area (Å²) in [6, 6.07) is 0.603. The SMILES string of the molecule is NC[C@@H]1C[C@@H]2CCN1C[C@@H]2CO. The molecule has 3 nitrogen and oxygen atoms in total. The van der Waals surface area contributed by atoms with Gasteiger partial charge >= 0.3 is 0 Å². The van der Waals surface area contributed by atoms with Crippen molar-refractivity contribution in [2.75, 3.05) is 26.2 Å². The Morgan fingerprint density at radius 1 is 1.50 bits per heavy atom. The third kappa shape index (κ3) is 1.26. The van der Waals surface area contributed by atoms with Crippen LogP contribution in [0.4, 0.5) is 0 Å². The quantitative estimate of drug-likeness (QED) is 0.595. The van der Waals surface area contributed by atoms with Gasteiger partial charge in [-0.15, -0.1) is 0 Å². The second-order valence-corrected chi connectivity index (χ2v) is 4.11. The molecule has 2 bridgehead atoms. The Bertz CT molecular complexity index is 145. The minimum absolute atomic E-state index is 0.360. The smallest absolute Gasteiger partial charge is 0.0474 e. The Morgan fingerprint density at radius 2 is 2.33 bits per heavy atom. The van der Waals surface area contributed by atoms with Crippen LogP contribution in [0.5, 0.6) is 0 Å². The van der Waals surface area contributed by atoms with Crippen molar-refractivity contribution in [2.45, 2.75) is 18.9 Å². The fourth-order valence-corrected chi connectivity index (χ4v) is 2.70. The van der Waals surface area contributed by atoms with Crippen LogP contribution < -0.4 is 5.73 Å². The molecule has 3 rings (SSSR count). The zero-order valence-electron chi connectivity index (χ0n) is 7.45. The van der Waals surface area contributed by atoms with E-state index in [2.05, 4.69) is 4.90 Å². The Kier molecular flexibility index (Phi) is 2.35. The standard InChI is InChI=1S/C9H18N2O/c10-4-9-3-7-1-2-11(9)5-8(7)6-12/h7-9,12H,1-6,10H2/t7-,8+,9-/m0/s1. The number of nitrogens with two attached hydrogens (primary N) is 1. The Labute approximate surface area is 73.5 Å². The predicted octanol–water partition coefficient (Wildman–Crippen LogP) is -0.352. The van der Waals surface area contributed by atoms with Gasteiger partial charge < -0.3 is 10.8 Å². The van der Waals surface area contributed by atoms with Crippen LogP contribution in [0, 0.1) is 11.8 Å². The van der Waals surface area contributed by atoms with Crippen LogP contribution in [0.2, 0.25) is 0 Å². The first-order valence-electron chi connectivity index (χ1n) is 4.90. The number of rotatable bonds is 2. The highest BCUT2D eigenvalue weighted by atomic mass is 16.3. The lowest BCUT2D eigenvalue weighted by molar-refractivity contribution is -0.0170. The van der Waals surface area contributed by atoms with E-state index in [1.54, 1.807) is 0 Å². The third-order valence-electron chi connectivity index (χ3n) is 3.52. The van der Waals surface area contributed by atoms with Gasteiger partial charge in [0, 0.05) is 25.7 Å². The molecular weight excluding hydrogens is 152 g/mol. The van der Waals surface area contributed by atoms with Gasteiger partial charge in [-0.1, -0.05) is 0 Å². The van der Waals surface area contributed by atoms with E-state index in [-0.39, 0.29) is 0 Å². The monoisotopic (exact) mass is 170 g/mol. The largest absolute Gasteiger partial charge is 0.396 e. The number of piperidine rings is 3. The molecule has 12 heavy (non-hydrogen) atoms. The number of nitrogens with zero attached hydrogens (tertiary/aromatic N) is 1. The molecule has 3 heterocycles. The lowest BCUT2D eigenvalue weighted by Gasteiger charge is -2.49. The summed E-state index contributed by atoms with van der Waals surface area (Å²) in [5.41, 5.74) is 5.67. The van der Waals surface area contributed by atoms with Crippen molar-refractivity contribution in [3.63, 3.8) is 0 Å². The first-order valence-corrected chi connectivity index (χ1v) is 4.90. The molecule has 70 valence electrons. The molecule has 0 amide bonds. The molecule has 0 aromatic carbocycles. The van der Waals surface area contributed by atoms with Crippen LogP contribution in [0.25, 0.3) is 0 Å². The minimum atomic E-state index is 0.360. The van der Waals surface area contributed by atoms with Crippen LogP contribution in [0.15, 0.2) is 0 Å². The Balaban J connectivity index is 2.01. The van der Waals surface area contributed by atoms with E-state index in [1.165, 1.54) is 19.4 Å². The van der Waals surface area contributed by atoms with Crippen LogP contribution in [-0.4, -0.2) is 42.3 Å². The van der Waals surface area contributed by atoms with Crippen LogP contribution in [0.1, 0.15) is 12.8 Å². The summed E-state index contributed by atoms with van der Waals surface area (Å²) >= 11 is 0. The maximum Gasteiger partial charge on any atom is 0.0474 e. The molecular formula is C9H18N2O. The van der Waals surface area contributed by atoms with E-state index in [1.807, 2.05) is 0 Å². The maximum atomic E-state index is 9.11. The van der Waals surface area contributed by atoms with Gasteiger partial charge in [0.2, 0.25) is 0 Å². The molecule has 1 unspecified atom stereocenters. The maximum absolute atomic E-state index is 9.11. The zero-order chi connectivity index (χ0) is 8.55. The number of hydrogen-bond donors (Lipinski definition) is 2. The highest BCUT2D eigenvalue weighted by molar-refractivity contribution is 4.92. The molecule has 0 aliphatic carbocycles. The van der Waals surface area contributed by atoms with Crippen molar-refractivity contribution >= 4 is 0 Å². The van der Waals surface area contributed by atoms with Crippen molar-refractivity contribution in [3.05, 3.63) is 0 Å². The Morgan fingerprint density at radius 3 is 2.83 bits per heavy atom. The Hall–Kier alpha value is -0.120. The molecule has 3 N–H and O–H groups in total. The van der Waals surface area contributed by atoms with Gasteiger partial charge in [-0.3, -0.25) is 4.90 Å². The molecule has 0 aromatic heterocycles. The molecule has 3 heteroatoms. The van der Waals surface area contributed by atoms with Crippen molar-refractivity contribution in [1.29, 1.82) is 0 Å². The van der Waals surface area contributed by atoms with Crippen LogP contribution in [-0.2, 0) is 0 Å². The normalized spacial score (nSPS) is 46.5. The average Bonchev–Trinajstić information content (AvgIpc) is 2.18. The van der Waals surface area contributed by atoms with Gasteiger partial charge in [0.1, 0.15) is 0 Å². The minimum Gasteiger partial charge on any atom is -0.396 e. The van der Waals surface area contributed by atoms with E-state index in [9.17, 15) is 0 Å². The van der Waals surface area contributed by atoms with Crippen molar-refractivity contribution in [3.8, 4) is 0 Å². The van der Waals surface area contributed by atoms with Crippen molar-refractivity contribution in [2.24, 2.45) is 17.6 Å². The predicted molar refractivity (Wildman–Crippen MR) is 47.7 cm³/mol. The molecule has 3 saturated heterocycles. The fourth-order valence-electron chi connectivity index (χ4n) is 2.70. The van der Waals surface area contributed by atoms with Crippen molar-refractivity contribution in [1.82, 2.24) is 4.90 Å². The molecule has 4 atom stereocenters. The van der Waals surface area contributed by atoms with Gasteiger partial charge in [0.05, 0.1) is 0 Å². The number of hydrogen-bond acceptors (Lipinski definition) is 3. The lowest BCUT2D eigenvalue weighted by atomic mass is 9.76. The summed E-state index contributed by atoms with van der Waals surface area (Å²) in [6.07, 6.45) is 2.48. The summed E-state index contributed by atoms with van der Waals surface area (Å²) in [5, 5.41) is 9.11. The zero-order valence-corrected chi connectivity index (χ0v) is 7.45. The highest BCUT2D eigenvalue weighted by Crippen LogP contribution is 2.35. The van der Waals surface area contributed by atoms with E-state index >= 15 is 0 Å². The summed E-state index contributed by atoms with van der Waals surface area (Å²) in [6.45, 7) is 3.42. The first kappa shape index (κ1) is 8.48. The second kappa shape index (κ2) is 3.32. The summed E-state index contributed by atoms with van der Waals surface area (Å²) in [7, 11) is 0. The van der Waals surface area contributed by atoms with Gasteiger partial charge in [-0.2, -0.15) is 0 Å². The highest BCUT2D eigenvalue weighted by Gasteiger charge is 2.38. The van der Waals surface area contributed by atoms with Crippen LogP contribution in [0.3, 0.4) is 0 Å². The van der Waals surface area contributed by atoms with Gasteiger partial charge in [-0.05, 0) is 31.2 Å². The fraction of sp³-hybridized carbons (Fsp3) is 1.00. The lowest BCUT2D eigenvalue weighted by Crippen LogP contribution is -2.56. The first-order chi connectivity index (χ1) is 5.85. The summed E-state index contributed by atoms with van der Waals surface area (Å²) < 4.78 is 0. The second-order valence-electron chi connectivity index (χ2n) is 4.11. The van der Waals surface area contributed by atoms with Gasteiger partial charge in [0.25, 0.3) is 0 Å². The van der Waals surface area contributed by atoms with Gasteiger partial charge in [-0.25, -0.2) is 0 Å². The summed E-state index contributed by atoms with van der Waals surface area (Å²) in [4.78, 5) is 2.45. The molecule has 0 spiro atoms. The topological polar surface area (TPSA) is 49.5 Å². The average molecular weight is 170 g/mol. The molecule has 3 aliphatic heterocycles. The summed E-state index contributed by atoms with van der Waals surface area (Å²) in [5.74, 6) is 1.27. The molecule has 0 aromatic rings. The number of aliphatic hydroxyl groups is 1. The number of aliphatic hydroxyl groups excluding tert-OH is 1. The van der Waals surface area contributed by atoms with Crippen molar-refractivity contribution < 1.29 is 5.11 Å². The molecule has 3 aliphatic rings. The van der Waals surface area contributed by atoms with E-state index in [4.69, 9.17) is 10.8 Å². The molecule has 3 fully saturated rings.